The van der Waals surface area contributed by atoms with Crippen LogP contribution in [0.2, 0.25) is 0 Å². The lowest BCUT2D eigenvalue weighted by Crippen LogP contribution is -1.95. The third kappa shape index (κ3) is 3.31. The van der Waals surface area contributed by atoms with Crippen molar-refractivity contribution in [1.82, 2.24) is 0 Å². The van der Waals surface area contributed by atoms with Crippen LogP contribution in [0.25, 0.3) is 0 Å². The molecule has 0 saturated carbocycles. The van der Waals surface area contributed by atoms with E-state index in [1.165, 1.54) is 0 Å². The van der Waals surface area contributed by atoms with Crippen molar-refractivity contribution in [3.8, 4) is 5.75 Å². The molecule has 0 atom stereocenters. The third-order valence-electron chi connectivity index (χ3n) is 1.86. The standard InChI is InChI=1S/C11H15BrO2/c1-3-6-14-8-9-7-10(13-2)4-5-11(9)12/h4-5,7H,3,6,8H2,1-2H3. The topological polar surface area (TPSA) is 18.5 Å². The molecular formula is C11H15BrO2. The van der Waals surface area contributed by atoms with Gasteiger partial charge in [-0.1, -0.05) is 22.9 Å². The van der Waals surface area contributed by atoms with Gasteiger partial charge in [0.05, 0.1) is 13.7 Å². The molecule has 0 unspecified atom stereocenters. The summed E-state index contributed by atoms with van der Waals surface area (Å²) in [6.07, 6.45) is 1.04. The van der Waals surface area contributed by atoms with E-state index in [4.69, 9.17) is 9.47 Å². The Morgan fingerprint density at radius 2 is 2.14 bits per heavy atom. The molecule has 1 aromatic rings. The third-order valence-corrected chi connectivity index (χ3v) is 2.63. The summed E-state index contributed by atoms with van der Waals surface area (Å²) in [6, 6.07) is 5.89. The molecule has 0 aliphatic rings. The molecule has 1 aromatic carbocycles. The van der Waals surface area contributed by atoms with Crippen LogP contribution in [0, 0.1) is 0 Å². The SMILES string of the molecule is CCCOCc1cc(OC)ccc1Br. The van der Waals surface area contributed by atoms with Crippen molar-refractivity contribution in [3.05, 3.63) is 28.2 Å². The summed E-state index contributed by atoms with van der Waals surface area (Å²) in [7, 11) is 1.67. The largest absolute Gasteiger partial charge is 0.497 e. The average Bonchev–Trinajstić information content (AvgIpc) is 2.21. The van der Waals surface area contributed by atoms with Crippen LogP contribution in [0.4, 0.5) is 0 Å². The van der Waals surface area contributed by atoms with Gasteiger partial charge in [0.1, 0.15) is 5.75 Å². The number of rotatable bonds is 5. The Morgan fingerprint density at radius 3 is 2.79 bits per heavy atom. The van der Waals surface area contributed by atoms with E-state index in [1.54, 1.807) is 7.11 Å². The summed E-state index contributed by atoms with van der Waals surface area (Å²) >= 11 is 3.48. The predicted octanol–water partition coefficient (Wildman–Crippen LogP) is 3.38. The van der Waals surface area contributed by atoms with Gasteiger partial charge < -0.3 is 9.47 Å². The van der Waals surface area contributed by atoms with Gasteiger partial charge in [-0.3, -0.25) is 0 Å². The Bertz CT molecular complexity index is 287. The summed E-state index contributed by atoms with van der Waals surface area (Å²) in [5.74, 6) is 0.864. The first kappa shape index (κ1) is 11.5. The average molecular weight is 259 g/mol. The first-order valence-corrected chi connectivity index (χ1v) is 5.47. The number of hydrogen-bond donors (Lipinski definition) is 0. The first-order chi connectivity index (χ1) is 6.77. The number of hydrogen-bond acceptors (Lipinski definition) is 2. The number of halogens is 1. The van der Waals surface area contributed by atoms with Gasteiger partial charge in [0, 0.05) is 11.1 Å². The molecule has 14 heavy (non-hydrogen) atoms. The minimum atomic E-state index is 0.631. The molecule has 0 spiro atoms. The molecule has 78 valence electrons. The van der Waals surface area contributed by atoms with Crippen molar-refractivity contribution in [3.63, 3.8) is 0 Å². The maximum absolute atomic E-state index is 5.46. The van der Waals surface area contributed by atoms with Crippen molar-refractivity contribution < 1.29 is 9.47 Å². The van der Waals surface area contributed by atoms with Crippen LogP contribution in [0.5, 0.6) is 5.75 Å². The molecule has 0 radical (unpaired) electrons. The molecule has 0 fully saturated rings. The maximum atomic E-state index is 5.46. The summed E-state index contributed by atoms with van der Waals surface area (Å²) < 4.78 is 11.7. The van der Waals surface area contributed by atoms with E-state index in [2.05, 4.69) is 22.9 Å². The van der Waals surface area contributed by atoms with Crippen LogP contribution in [0.1, 0.15) is 18.9 Å². The predicted molar refractivity (Wildman–Crippen MR) is 60.6 cm³/mol. The second-order valence-electron chi connectivity index (χ2n) is 3.01. The molecule has 2 nitrogen and oxygen atoms in total. The first-order valence-electron chi connectivity index (χ1n) is 4.68. The Kier molecular flexibility index (Phi) is 4.98. The van der Waals surface area contributed by atoms with Crippen LogP contribution >= 0.6 is 15.9 Å². The Morgan fingerprint density at radius 1 is 1.36 bits per heavy atom. The summed E-state index contributed by atoms with van der Waals surface area (Å²) in [5.41, 5.74) is 1.12. The summed E-state index contributed by atoms with van der Waals surface area (Å²) in [4.78, 5) is 0. The van der Waals surface area contributed by atoms with Gasteiger partial charge in [0.2, 0.25) is 0 Å². The zero-order valence-corrected chi connectivity index (χ0v) is 10.1. The van der Waals surface area contributed by atoms with Gasteiger partial charge in [0.15, 0.2) is 0 Å². The van der Waals surface area contributed by atoms with Gasteiger partial charge in [-0.25, -0.2) is 0 Å². The van der Waals surface area contributed by atoms with Gasteiger partial charge in [-0.15, -0.1) is 0 Å². The summed E-state index contributed by atoms with van der Waals surface area (Å²) in [6.45, 7) is 3.52. The van der Waals surface area contributed by atoms with Crippen molar-refractivity contribution in [2.75, 3.05) is 13.7 Å². The highest BCUT2D eigenvalue weighted by Crippen LogP contribution is 2.23. The monoisotopic (exact) mass is 258 g/mol. The van der Waals surface area contributed by atoms with E-state index in [0.717, 1.165) is 28.8 Å². The normalized spacial score (nSPS) is 10.2. The highest BCUT2D eigenvalue weighted by Gasteiger charge is 2.01. The number of ether oxygens (including phenoxy) is 2. The smallest absolute Gasteiger partial charge is 0.119 e. The lowest BCUT2D eigenvalue weighted by molar-refractivity contribution is 0.121. The highest BCUT2D eigenvalue weighted by molar-refractivity contribution is 9.10. The van der Waals surface area contributed by atoms with Crippen molar-refractivity contribution in [2.24, 2.45) is 0 Å². The van der Waals surface area contributed by atoms with Crippen LogP contribution in [0.15, 0.2) is 22.7 Å². The Labute approximate surface area is 93.4 Å². The lowest BCUT2D eigenvalue weighted by atomic mass is 10.2. The molecule has 0 bridgehead atoms. The summed E-state index contributed by atoms with van der Waals surface area (Å²) in [5, 5.41) is 0. The molecule has 0 heterocycles. The second kappa shape index (κ2) is 6.04. The van der Waals surface area contributed by atoms with E-state index in [0.29, 0.717) is 6.61 Å². The van der Waals surface area contributed by atoms with Crippen molar-refractivity contribution in [1.29, 1.82) is 0 Å². The highest BCUT2D eigenvalue weighted by atomic mass is 79.9. The van der Waals surface area contributed by atoms with Crippen molar-refractivity contribution in [2.45, 2.75) is 20.0 Å². The van der Waals surface area contributed by atoms with E-state index < -0.39 is 0 Å². The minimum absolute atomic E-state index is 0.631. The number of methoxy groups -OCH3 is 1. The fourth-order valence-corrected chi connectivity index (χ4v) is 1.48. The molecule has 1 rings (SSSR count). The molecule has 0 aliphatic carbocycles. The Hall–Kier alpha value is -0.540. The van der Waals surface area contributed by atoms with Crippen molar-refractivity contribution >= 4 is 15.9 Å². The van der Waals surface area contributed by atoms with E-state index in [9.17, 15) is 0 Å². The van der Waals surface area contributed by atoms with Gasteiger partial charge in [-0.2, -0.15) is 0 Å². The van der Waals surface area contributed by atoms with Gasteiger partial charge in [-0.05, 0) is 30.2 Å². The molecule has 0 amide bonds. The lowest BCUT2D eigenvalue weighted by Gasteiger charge is -2.07. The van der Waals surface area contributed by atoms with Crippen LogP contribution in [0.3, 0.4) is 0 Å². The zero-order chi connectivity index (χ0) is 10.4. The second-order valence-corrected chi connectivity index (χ2v) is 3.86. The minimum Gasteiger partial charge on any atom is -0.497 e. The van der Waals surface area contributed by atoms with Crippen LogP contribution < -0.4 is 4.74 Å². The molecule has 3 heteroatoms. The number of benzene rings is 1. The van der Waals surface area contributed by atoms with Gasteiger partial charge >= 0.3 is 0 Å². The van der Waals surface area contributed by atoms with Crippen LogP contribution in [-0.2, 0) is 11.3 Å². The molecule has 0 aromatic heterocycles. The molecular weight excluding hydrogens is 244 g/mol. The van der Waals surface area contributed by atoms with E-state index in [-0.39, 0.29) is 0 Å². The fraction of sp³-hybridized carbons (Fsp3) is 0.455. The Balaban J connectivity index is 2.64. The van der Waals surface area contributed by atoms with E-state index in [1.807, 2.05) is 18.2 Å². The molecule has 0 saturated heterocycles. The maximum Gasteiger partial charge on any atom is 0.119 e. The fourth-order valence-electron chi connectivity index (χ4n) is 1.12. The quantitative estimate of drug-likeness (QED) is 0.754. The van der Waals surface area contributed by atoms with Crippen LogP contribution in [-0.4, -0.2) is 13.7 Å². The molecule has 0 N–H and O–H groups in total. The van der Waals surface area contributed by atoms with E-state index >= 15 is 0 Å². The zero-order valence-electron chi connectivity index (χ0n) is 8.55. The van der Waals surface area contributed by atoms with Gasteiger partial charge in [0.25, 0.3) is 0 Å². The molecule has 0 aliphatic heterocycles.